The Kier molecular flexibility index (Phi) is 7.54. The standard InChI is InChI=1S/C22H24O8/c1-6-29-30-22-18(8-15(13(3)24)10-20(22)28-5)16-7-14(12(2)23)9-19(27-4)17(16)11-21(25)26/h7-10H,6,11H2,1-5H3,(H,25,26). The Bertz CT molecular complexity index is 978. The van der Waals surface area contributed by atoms with E-state index in [9.17, 15) is 19.5 Å². The topological polar surface area (TPSA) is 108 Å². The second-order valence-corrected chi connectivity index (χ2v) is 6.43. The summed E-state index contributed by atoms with van der Waals surface area (Å²) in [5.74, 6) is -0.953. The maximum atomic E-state index is 12.1. The SMILES string of the molecule is CCOOc1c(OC)cc(C(C)=O)cc1-c1cc(C(C)=O)cc(OC)c1CC(=O)O. The average molecular weight is 416 g/mol. The minimum absolute atomic E-state index is 0.152. The molecule has 0 heterocycles. The number of benzene rings is 2. The van der Waals surface area contributed by atoms with Gasteiger partial charge in [-0.1, -0.05) is 0 Å². The van der Waals surface area contributed by atoms with Crippen molar-refractivity contribution >= 4 is 17.5 Å². The largest absolute Gasteiger partial charge is 0.496 e. The Balaban J connectivity index is 2.96. The summed E-state index contributed by atoms with van der Waals surface area (Å²) >= 11 is 0. The van der Waals surface area contributed by atoms with Crippen LogP contribution in [0.15, 0.2) is 24.3 Å². The summed E-state index contributed by atoms with van der Waals surface area (Å²) in [4.78, 5) is 46.2. The van der Waals surface area contributed by atoms with Gasteiger partial charge in [-0.3, -0.25) is 14.4 Å². The lowest BCUT2D eigenvalue weighted by Gasteiger charge is -2.19. The Morgan fingerprint density at radius 2 is 1.40 bits per heavy atom. The van der Waals surface area contributed by atoms with E-state index in [1.54, 1.807) is 19.1 Å². The minimum Gasteiger partial charge on any atom is -0.496 e. The maximum absolute atomic E-state index is 12.1. The Morgan fingerprint density at radius 3 is 1.87 bits per heavy atom. The average Bonchev–Trinajstić information content (AvgIpc) is 2.70. The zero-order valence-corrected chi connectivity index (χ0v) is 17.5. The molecule has 0 bridgehead atoms. The fourth-order valence-electron chi connectivity index (χ4n) is 2.97. The highest BCUT2D eigenvalue weighted by Gasteiger charge is 2.24. The number of carboxylic acid groups (broad SMARTS) is 1. The van der Waals surface area contributed by atoms with Crippen LogP contribution in [0.2, 0.25) is 0 Å². The third-order valence-electron chi connectivity index (χ3n) is 4.40. The summed E-state index contributed by atoms with van der Waals surface area (Å²) in [7, 11) is 2.80. The molecule has 8 heteroatoms. The van der Waals surface area contributed by atoms with Crippen molar-refractivity contribution in [2.45, 2.75) is 27.2 Å². The number of carbonyl (C=O) groups is 3. The van der Waals surface area contributed by atoms with Gasteiger partial charge < -0.3 is 19.5 Å². The lowest BCUT2D eigenvalue weighted by molar-refractivity contribution is -0.202. The van der Waals surface area contributed by atoms with E-state index in [0.717, 1.165) is 0 Å². The molecular weight excluding hydrogens is 392 g/mol. The number of hydrogen-bond donors (Lipinski definition) is 1. The van der Waals surface area contributed by atoms with Crippen molar-refractivity contribution in [3.8, 4) is 28.4 Å². The first-order valence-electron chi connectivity index (χ1n) is 9.19. The minimum atomic E-state index is -1.09. The Labute approximate surface area is 174 Å². The van der Waals surface area contributed by atoms with Gasteiger partial charge in [-0.15, -0.1) is 0 Å². The Morgan fingerprint density at radius 1 is 0.867 bits per heavy atom. The third-order valence-corrected chi connectivity index (χ3v) is 4.40. The van der Waals surface area contributed by atoms with Crippen LogP contribution >= 0.6 is 0 Å². The first-order valence-corrected chi connectivity index (χ1v) is 9.19. The highest BCUT2D eigenvalue weighted by molar-refractivity contribution is 6.00. The molecule has 2 rings (SSSR count). The van der Waals surface area contributed by atoms with Crippen molar-refractivity contribution in [3.05, 3.63) is 41.0 Å². The highest BCUT2D eigenvalue weighted by atomic mass is 17.2. The molecule has 0 atom stereocenters. The van der Waals surface area contributed by atoms with Crippen molar-refractivity contribution in [3.63, 3.8) is 0 Å². The van der Waals surface area contributed by atoms with E-state index in [1.165, 1.54) is 40.2 Å². The van der Waals surface area contributed by atoms with Crippen LogP contribution in [0.5, 0.6) is 17.2 Å². The summed E-state index contributed by atoms with van der Waals surface area (Å²) in [6.07, 6.45) is -0.378. The number of ketones is 2. The molecular formula is C22H24O8. The molecule has 0 aromatic heterocycles. The lowest BCUT2D eigenvalue weighted by atomic mass is 9.91. The number of Topliss-reactive ketones (excluding diaryl/α,β-unsaturated/α-hetero) is 2. The van der Waals surface area contributed by atoms with Gasteiger partial charge >= 0.3 is 5.97 Å². The fourth-order valence-corrected chi connectivity index (χ4v) is 2.97. The monoisotopic (exact) mass is 416 g/mol. The highest BCUT2D eigenvalue weighted by Crippen LogP contribution is 2.43. The molecule has 2 aromatic rings. The van der Waals surface area contributed by atoms with Gasteiger partial charge in [0.1, 0.15) is 5.75 Å². The number of methoxy groups -OCH3 is 2. The van der Waals surface area contributed by atoms with Crippen LogP contribution in [-0.2, 0) is 16.1 Å². The predicted molar refractivity (Wildman–Crippen MR) is 109 cm³/mol. The molecule has 0 saturated heterocycles. The maximum Gasteiger partial charge on any atom is 0.307 e. The van der Waals surface area contributed by atoms with Gasteiger partial charge in [-0.2, -0.15) is 4.89 Å². The van der Waals surface area contributed by atoms with Crippen LogP contribution in [0.3, 0.4) is 0 Å². The number of ether oxygens (including phenoxy) is 2. The van der Waals surface area contributed by atoms with E-state index in [0.29, 0.717) is 27.8 Å². The molecule has 0 unspecified atom stereocenters. The van der Waals surface area contributed by atoms with Crippen molar-refractivity contribution in [1.82, 2.24) is 0 Å². The Hall–Kier alpha value is -3.39. The van der Waals surface area contributed by atoms with E-state index >= 15 is 0 Å². The normalized spacial score (nSPS) is 10.4. The molecule has 2 aromatic carbocycles. The van der Waals surface area contributed by atoms with Crippen LogP contribution in [0.25, 0.3) is 11.1 Å². The van der Waals surface area contributed by atoms with Gasteiger partial charge in [-0.25, -0.2) is 0 Å². The van der Waals surface area contributed by atoms with Crippen molar-refractivity contribution in [2.24, 2.45) is 0 Å². The number of carbonyl (C=O) groups excluding carboxylic acids is 2. The van der Waals surface area contributed by atoms with Crippen molar-refractivity contribution in [2.75, 3.05) is 20.8 Å². The van der Waals surface area contributed by atoms with Gasteiger partial charge in [0.05, 0.1) is 27.2 Å². The smallest absolute Gasteiger partial charge is 0.307 e. The molecule has 0 aliphatic heterocycles. The first-order chi connectivity index (χ1) is 14.2. The van der Waals surface area contributed by atoms with Gasteiger partial charge in [0.15, 0.2) is 17.3 Å². The zero-order valence-electron chi connectivity index (χ0n) is 17.5. The summed E-state index contributed by atoms with van der Waals surface area (Å²) in [5.41, 5.74) is 1.65. The van der Waals surface area contributed by atoms with Crippen LogP contribution in [0, 0.1) is 0 Å². The van der Waals surface area contributed by atoms with E-state index in [2.05, 4.69) is 0 Å². The molecule has 0 saturated carbocycles. The second-order valence-electron chi connectivity index (χ2n) is 6.43. The number of hydrogen-bond acceptors (Lipinski definition) is 7. The van der Waals surface area contributed by atoms with E-state index in [1.807, 2.05) is 0 Å². The first kappa shape index (κ1) is 22.9. The van der Waals surface area contributed by atoms with Gasteiger partial charge in [0, 0.05) is 22.3 Å². The predicted octanol–water partition coefficient (Wildman–Crippen LogP) is 3.73. The number of aliphatic carboxylic acids is 1. The molecule has 1 N–H and O–H groups in total. The van der Waals surface area contributed by atoms with E-state index in [-0.39, 0.29) is 41.8 Å². The van der Waals surface area contributed by atoms with Crippen LogP contribution < -0.4 is 14.4 Å². The number of carboxylic acids is 1. The molecule has 0 fully saturated rings. The molecule has 8 nitrogen and oxygen atoms in total. The molecule has 0 aliphatic rings. The van der Waals surface area contributed by atoms with E-state index < -0.39 is 5.97 Å². The quantitative estimate of drug-likeness (QED) is 0.355. The second kappa shape index (κ2) is 9.89. The van der Waals surface area contributed by atoms with Crippen molar-refractivity contribution in [1.29, 1.82) is 0 Å². The van der Waals surface area contributed by atoms with Crippen LogP contribution in [0.4, 0.5) is 0 Å². The van der Waals surface area contributed by atoms with Gasteiger partial charge in [0.25, 0.3) is 0 Å². The molecule has 0 radical (unpaired) electrons. The third kappa shape index (κ3) is 4.96. The van der Waals surface area contributed by atoms with Gasteiger partial charge in [-0.05, 0) is 50.6 Å². The molecule has 30 heavy (non-hydrogen) atoms. The lowest BCUT2D eigenvalue weighted by Crippen LogP contribution is -2.08. The molecule has 160 valence electrons. The summed E-state index contributed by atoms with van der Waals surface area (Å²) in [6.45, 7) is 4.74. The van der Waals surface area contributed by atoms with Crippen LogP contribution in [0.1, 0.15) is 47.1 Å². The summed E-state index contributed by atoms with van der Waals surface area (Å²) in [5, 5.41) is 9.43. The summed E-state index contributed by atoms with van der Waals surface area (Å²) in [6, 6.07) is 6.08. The molecule has 0 aliphatic carbocycles. The molecule has 0 spiro atoms. The van der Waals surface area contributed by atoms with Crippen molar-refractivity contribution < 1.29 is 38.7 Å². The van der Waals surface area contributed by atoms with Crippen LogP contribution in [-0.4, -0.2) is 43.5 Å². The molecule has 0 amide bonds. The summed E-state index contributed by atoms with van der Waals surface area (Å²) < 4.78 is 10.7. The zero-order chi connectivity index (χ0) is 22.4. The fraction of sp³-hybridized carbons (Fsp3) is 0.318. The number of rotatable bonds is 10. The van der Waals surface area contributed by atoms with Gasteiger partial charge in [0.2, 0.25) is 5.75 Å². The van der Waals surface area contributed by atoms with E-state index in [4.69, 9.17) is 19.2 Å².